The van der Waals surface area contributed by atoms with Crippen LogP contribution >= 0.6 is 0 Å². The van der Waals surface area contributed by atoms with Crippen molar-refractivity contribution in [2.24, 2.45) is 0 Å². The fraction of sp³-hybridized carbons (Fsp3) is 0.0455. The monoisotopic (exact) mass is 407 g/mol. The van der Waals surface area contributed by atoms with Gasteiger partial charge >= 0.3 is 5.97 Å². The lowest BCUT2D eigenvalue weighted by Gasteiger charge is -2.11. The Morgan fingerprint density at radius 2 is 1.67 bits per heavy atom. The second-order valence-electron chi connectivity index (χ2n) is 6.37. The molecule has 8 heteroatoms. The quantitative estimate of drug-likeness (QED) is 0.358. The number of Topliss-reactive ketones (excluding diaryl/α,β-unsaturated/α-hetero) is 1. The highest BCUT2D eigenvalue weighted by atomic mass is 19.1. The SMILES string of the molecule is O=C(COC(=O)c1cnn(-c2ccc(F)cc2)c1-n1cccc1)c1cccc(F)c1. The third-order valence-corrected chi connectivity index (χ3v) is 4.36. The first-order valence-corrected chi connectivity index (χ1v) is 8.96. The Labute approximate surface area is 169 Å². The molecule has 0 radical (unpaired) electrons. The molecule has 2 aromatic heterocycles. The molecule has 0 N–H and O–H groups in total. The number of rotatable bonds is 6. The third kappa shape index (κ3) is 3.88. The molecule has 150 valence electrons. The maximum Gasteiger partial charge on any atom is 0.344 e. The third-order valence-electron chi connectivity index (χ3n) is 4.36. The number of aromatic nitrogens is 3. The molecule has 0 amide bonds. The minimum atomic E-state index is -0.767. The summed E-state index contributed by atoms with van der Waals surface area (Å²) in [5.41, 5.74) is 0.757. The van der Waals surface area contributed by atoms with E-state index in [2.05, 4.69) is 5.10 Å². The number of hydrogen-bond acceptors (Lipinski definition) is 4. The van der Waals surface area contributed by atoms with Crippen molar-refractivity contribution in [1.29, 1.82) is 0 Å². The Hall–Kier alpha value is -4.07. The van der Waals surface area contributed by atoms with E-state index >= 15 is 0 Å². The lowest BCUT2D eigenvalue weighted by Crippen LogP contribution is -2.16. The minimum absolute atomic E-state index is 0.107. The van der Waals surface area contributed by atoms with Crippen molar-refractivity contribution in [2.45, 2.75) is 0 Å². The summed E-state index contributed by atoms with van der Waals surface area (Å²) in [6.07, 6.45) is 4.74. The Balaban J connectivity index is 1.61. The van der Waals surface area contributed by atoms with Crippen LogP contribution in [0.5, 0.6) is 0 Å². The molecule has 0 aliphatic heterocycles. The van der Waals surface area contributed by atoms with Crippen molar-refractivity contribution < 1.29 is 23.1 Å². The first-order valence-electron chi connectivity index (χ1n) is 8.96. The highest BCUT2D eigenvalue weighted by Crippen LogP contribution is 2.21. The number of carbonyl (C=O) groups excluding carboxylic acids is 2. The van der Waals surface area contributed by atoms with E-state index in [9.17, 15) is 18.4 Å². The number of carbonyl (C=O) groups is 2. The number of esters is 1. The van der Waals surface area contributed by atoms with E-state index in [-0.39, 0.29) is 11.1 Å². The van der Waals surface area contributed by atoms with Crippen LogP contribution in [0.15, 0.2) is 79.3 Å². The molecule has 2 heterocycles. The number of benzene rings is 2. The number of ketones is 1. The average molecular weight is 407 g/mol. The molecule has 2 aromatic carbocycles. The molecule has 0 bridgehead atoms. The zero-order valence-electron chi connectivity index (χ0n) is 15.5. The van der Waals surface area contributed by atoms with Gasteiger partial charge in [-0.25, -0.2) is 18.3 Å². The standard InChI is InChI=1S/C22H15F2N3O3/c23-16-6-8-18(9-7-16)27-21(26-10-1-2-11-26)19(13-25-27)22(29)30-14-20(28)15-4-3-5-17(24)12-15/h1-13H,14H2. The Kier molecular flexibility index (Phi) is 5.21. The summed E-state index contributed by atoms with van der Waals surface area (Å²) in [6.45, 7) is -0.546. The van der Waals surface area contributed by atoms with E-state index in [1.54, 1.807) is 29.1 Å². The van der Waals surface area contributed by atoms with Gasteiger partial charge in [0, 0.05) is 18.0 Å². The predicted molar refractivity (Wildman–Crippen MR) is 104 cm³/mol. The summed E-state index contributed by atoms with van der Waals surface area (Å²) >= 11 is 0. The lowest BCUT2D eigenvalue weighted by molar-refractivity contribution is 0.0474. The maximum absolute atomic E-state index is 13.3. The molecule has 0 fully saturated rings. The van der Waals surface area contributed by atoms with Gasteiger partial charge in [0.2, 0.25) is 0 Å². The molecule has 6 nitrogen and oxygen atoms in total. The van der Waals surface area contributed by atoms with E-state index in [0.29, 0.717) is 11.5 Å². The van der Waals surface area contributed by atoms with Crippen molar-refractivity contribution in [1.82, 2.24) is 14.3 Å². The number of ether oxygens (including phenoxy) is 1. The smallest absolute Gasteiger partial charge is 0.344 e. The van der Waals surface area contributed by atoms with Gasteiger partial charge in [0.05, 0.1) is 11.9 Å². The highest BCUT2D eigenvalue weighted by molar-refractivity contribution is 6.00. The van der Waals surface area contributed by atoms with Gasteiger partial charge in [0.25, 0.3) is 0 Å². The van der Waals surface area contributed by atoms with Gasteiger partial charge in [-0.2, -0.15) is 5.10 Å². The molecular weight excluding hydrogens is 392 g/mol. The number of halogens is 2. The van der Waals surface area contributed by atoms with Crippen LogP contribution in [0.1, 0.15) is 20.7 Å². The van der Waals surface area contributed by atoms with Crippen LogP contribution in [0.3, 0.4) is 0 Å². The zero-order valence-corrected chi connectivity index (χ0v) is 15.5. The Morgan fingerprint density at radius 1 is 0.933 bits per heavy atom. The molecule has 0 saturated heterocycles. The van der Waals surface area contributed by atoms with Crippen molar-refractivity contribution in [3.63, 3.8) is 0 Å². The number of nitrogens with zero attached hydrogens (tertiary/aromatic N) is 3. The van der Waals surface area contributed by atoms with Gasteiger partial charge in [-0.05, 0) is 48.5 Å². The minimum Gasteiger partial charge on any atom is -0.454 e. The molecule has 0 aliphatic rings. The Bertz CT molecular complexity index is 1200. The summed E-state index contributed by atoms with van der Waals surface area (Å²) < 4.78 is 34.8. The van der Waals surface area contributed by atoms with Gasteiger partial charge in [0.1, 0.15) is 17.2 Å². The van der Waals surface area contributed by atoms with Crippen molar-refractivity contribution in [3.05, 3.63) is 102 Å². The van der Waals surface area contributed by atoms with Crippen LogP contribution < -0.4 is 0 Å². The molecule has 30 heavy (non-hydrogen) atoms. The van der Waals surface area contributed by atoms with Crippen LogP contribution in [-0.2, 0) is 4.74 Å². The van der Waals surface area contributed by atoms with E-state index in [1.165, 1.54) is 53.3 Å². The van der Waals surface area contributed by atoms with Crippen molar-refractivity contribution in [3.8, 4) is 11.5 Å². The van der Waals surface area contributed by atoms with E-state index in [0.717, 1.165) is 6.07 Å². The normalized spacial score (nSPS) is 10.7. The van der Waals surface area contributed by atoms with Crippen LogP contribution in [0.25, 0.3) is 11.5 Å². The second-order valence-corrected chi connectivity index (χ2v) is 6.37. The van der Waals surface area contributed by atoms with Crippen LogP contribution in [0.4, 0.5) is 8.78 Å². The molecule has 0 spiro atoms. The molecular formula is C22H15F2N3O3. The summed E-state index contributed by atoms with van der Waals surface area (Å²) in [5.74, 6) is -1.88. The highest BCUT2D eigenvalue weighted by Gasteiger charge is 2.22. The lowest BCUT2D eigenvalue weighted by atomic mass is 10.1. The summed E-state index contributed by atoms with van der Waals surface area (Å²) in [4.78, 5) is 24.9. The molecule has 0 saturated carbocycles. The maximum atomic E-state index is 13.3. The van der Waals surface area contributed by atoms with Gasteiger partial charge in [-0.3, -0.25) is 4.79 Å². The largest absolute Gasteiger partial charge is 0.454 e. The van der Waals surface area contributed by atoms with Crippen molar-refractivity contribution in [2.75, 3.05) is 6.61 Å². The molecule has 0 aliphatic carbocycles. The van der Waals surface area contributed by atoms with E-state index in [1.807, 2.05) is 0 Å². The topological polar surface area (TPSA) is 66.1 Å². The van der Waals surface area contributed by atoms with Crippen LogP contribution in [0, 0.1) is 11.6 Å². The molecule has 0 unspecified atom stereocenters. The summed E-state index contributed by atoms with van der Waals surface area (Å²) in [6, 6.07) is 14.3. The molecule has 4 rings (SSSR count). The first kappa shape index (κ1) is 19.3. The van der Waals surface area contributed by atoms with Crippen LogP contribution in [0.2, 0.25) is 0 Å². The second kappa shape index (κ2) is 8.12. The van der Waals surface area contributed by atoms with E-state index < -0.39 is 30.0 Å². The Morgan fingerprint density at radius 3 is 2.37 bits per heavy atom. The van der Waals surface area contributed by atoms with Gasteiger partial charge in [-0.15, -0.1) is 0 Å². The molecule has 4 aromatic rings. The van der Waals surface area contributed by atoms with Gasteiger partial charge in [0.15, 0.2) is 18.2 Å². The van der Waals surface area contributed by atoms with Gasteiger partial charge in [-0.1, -0.05) is 12.1 Å². The molecule has 0 atom stereocenters. The number of hydrogen-bond donors (Lipinski definition) is 0. The van der Waals surface area contributed by atoms with Crippen LogP contribution in [-0.4, -0.2) is 32.7 Å². The first-order chi connectivity index (χ1) is 14.5. The summed E-state index contributed by atoms with van der Waals surface area (Å²) in [5, 5.41) is 4.23. The average Bonchev–Trinajstić information content (AvgIpc) is 3.42. The van der Waals surface area contributed by atoms with Crippen molar-refractivity contribution >= 4 is 11.8 Å². The predicted octanol–water partition coefficient (Wildman–Crippen LogP) is 3.98. The zero-order chi connectivity index (χ0) is 21.1. The fourth-order valence-electron chi connectivity index (χ4n) is 2.94. The fourth-order valence-corrected chi connectivity index (χ4v) is 2.94. The van der Waals surface area contributed by atoms with E-state index in [4.69, 9.17) is 4.74 Å². The summed E-state index contributed by atoms with van der Waals surface area (Å²) in [7, 11) is 0. The van der Waals surface area contributed by atoms with Gasteiger partial charge < -0.3 is 9.30 Å².